The first kappa shape index (κ1) is 18.6. The van der Waals surface area contributed by atoms with Gasteiger partial charge in [0.05, 0.1) is 16.8 Å². The smallest absolute Gasteiger partial charge is 0.339 e. The van der Waals surface area contributed by atoms with E-state index in [1.807, 2.05) is 66.7 Å². The summed E-state index contributed by atoms with van der Waals surface area (Å²) < 4.78 is 5.55. The van der Waals surface area contributed by atoms with Crippen molar-refractivity contribution in [1.82, 2.24) is 4.98 Å². The third-order valence-corrected chi connectivity index (χ3v) is 4.74. The van der Waals surface area contributed by atoms with Crippen LogP contribution in [0.15, 0.2) is 84.9 Å². The maximum atomic E-state index is 12.9. The maximum Gasteiger partial charge on any atom is 0.339 e. The van der Waals surface area contributed by atoms with Crippen molar-refractivity contribution >= 4 is 22.7 Å². The Morgan fingerprint density at radius 1 is 0.862 bits per heavy atom. The summed E-state index contributed by atoms with van der Waals surface area (Å²) in [7, 11) is 0. The topological polar surface area (TPSA) is 56.3 Å². The second-order valence-electron chi connectivity index (χ2n) is 6.77. The molecular weight excluding hydrogens is 362 g/mol. The van der Waals surface area contributed by atoms with Gasteiger partial charge in [-0.15, -0.1) is 0 Å². The molecule has 0 aliphatic heterocycles. The van der Waals surface area contributed by atoms with E-state index in [0.29, 0.717) is 22.3 Å². The fourth-order valence-electron chi connectivity index (χ4n) is 3.17. The number of benzene rings is 3. The van der Waals surface area contributed by atoms with E-state index >= 15 is 0 Å². The van der Waals surface area contributed by atoms with E-state index in [1.165, 1.54) is 6.92 Å². The zero-order valence-corrected chi connectivity index (χ0v) is 16.0. The fourth-order valence-corrected chi connectivity index (χ4v) is 3.17. The number of rotatable bonds is 5. The van der Waals surface area contributed by atoms with Gasteiger partial charge in [-0.25, -0.2) is 9.78 Å². The van der Waals surface area contributed by atoms with Gasteiger partial charge in [-0.05, 0) is 24.6 Å². The summed E-state index contributed by atoms with van der Waals surface area (Å²) >= 11 is 0. The zero-order chi connectivity index (χ0) is 20.2. The van der Waals surface area contributed by atoms with Crippen molar-refractivity contribution in [3.8, 4) is 11.3 Å². The lowest BCUT2D eigenvalue weighted by Gasteiger charge is -2.10. The van der Waals surface area contributed by atoms with Gasteiger partial charge < -0.3 is 4.74 Å². The van der Waals surface area contributed by atoms with Crippen LogP contribution in [0.4, 0.5) is 0 Å². The normalized spacial score (nSPS) is 10.7. The summed E-state index contributed by atoms with van der Waals surface area (Å²) in [6.07, 6.45) is 0. The van der Waals surface area contributed by atoms with E-state index in [9.17, 15) is 9.59 Å². The zero-order valence-electron chi connectivity index (χ0n) is 16.0. The molecule has 4 nitrogen and oxygen atoms in total. The molecule has 0 unspecified atom stereocenters. The first-order valence-corrected chi connectivity index (χ1v) is 9.34. The van der Waals surface area contributed by atoms with Gasteiger partial charge in [0.1, 0.15) is 6.61 Å². The number of Topliss-reactive ketones (excluding diaryl/α,β-unsaturated/α-hetero) is 1. The summed E-state index contributed by atoms with van der Waals surface area (Å²) in [4.78, 5) is 29.1. The number of ether oxygens (including phenoxy) is 1. The maximum absolute atomic E-state index is 12.9. The third kappa shape index (κ3) is 4.06. The molecule has 0 fully saturated rings. The van der Waals surface area contributed by atoms with Crippen LogP contribution in [-0.2, 0) is 11.3 Å². The van der Waals surface area contributed by atoms with Gasteiger partial charge in [0.15, 0.2) is 5.78 Å². The highest BCUT2D eigenvalue weighted by Gasteiger charge is 2.15. The number of pyridine rings is 1. The van der Waals surface area contributed by atoms with E-state index in [-0.39, 0.29) is 12.4 Å². The number of ketones is 1. The minimum Gasteiger partial charge on any atom is -0.457 e. The number of hydrogen-bond acceptors (Lipinski definition) is 4. The Bertz CT molecular complexity index is 1180. The average molecular weight is 381 g/mol. The van der Waals surface area contributed by atoms with Crippen LogP contribution in [-0.4, -0.2) is 16.7 Å². The SMILES string of the molecule is CC(=O)c1ccc(-c2cc(C(=O)OCc3ccccc3)c3ccccc3n2)cc1. The molecule has 4 aromatic rings. The third-order valence-electron chi connectivity index (χ3n) is 4.74. The molecule has 0 aliphatic rings. The number of fused-ring (bicyclic) bond motifs is 1. The summed E-state index contributed by atoms with van der Waals surface area (Å²) in [5.74, 6) is -0.387. The van der Waals surface area contributed by atoms with E-state index in [4.69, 9.17) is 4.74 Å². The van der Waals surface area contributed by atoms with Crippen LogP contribution in [0.25, 0.3) is 22.2 Å². The van der Waals surface area contributed by atoms with E-state index in [0.717, 1.165) is 16.5 Å². The molecule has 142 valence electrons. The minimum atomic E-state index is -0.394. The van der Waals surface area contributed by atoms with Gasteiger partial charge in [-0.3, -0.25) is 4.79 Å². The largest absolute Gasteiger partial charge is 0.457 e. The molecule has 0 radical (unpaired) electrons. The number of nitrogens with zero attached hydrogens (tertiary/aromatic N) is 1. The Balaban J connectivity index is 1.70. The molecule has 29 heavy (non-hydrogen) atoms. The average Bonchev–Trinajstić information content (AvgIpc) is 2.77. The van der Waals surface area contributed by atoms with Gasteiger partial charge >= 0.3 is 5.97 Å². The van der Waals surface area contributed by atoms with Crippen LogP contribution < -0.4 is 0 Å². The molecule has 0 saturated carbocycles. The molecule has 0 spiro atoms. The molecule has 1 heterocycles. The number of hydrogen-bond donors (Lipinski definition) is 0. The lowest BCUT2D eigenvalue weighted by atomic mass is 10.0. The van der Waals surface area contributed by atoms with Crippen LogP contribution in [0, 0.1) is 0 Å². The Kier molecular flexibility index (Phi) is 5.16. The second kappa shape index (κ2) is 8.07. The van der Waals surface area contributed by atoms with Crippen LogP contribution in [0.5, 0.6) is 0 Å². The summed E-state index contributed by atoms with van der Waals surface area (Å²) in [6, 6.07) is 26.0. The monoisotopic (exact) mass is 381 g/mol. The standard InChI is InChI=1S/C25H19NO3/c1-17(27)19-11-13-20(14-12-19)24-15-22(21-9-5-6-10-23(21)26-24)25(28)29-16-18-7-3-2-4-8-18/h2-15H,16H2,1H3. The molecule has 0 aliphatic carbocycles. The second-order valence-corrected chi connectivity index (χ2v) is 6.77. The lowest BCUT2D eigenvalue weighted by Crippen LogP contribution is -2.07. The van der Waals surface area contributed by atoms with Crippen molar-refractivity contribution in [2.75, 3.05) is 0 Å². The number of aromatic nitrogens is 1. The highest BCUT2D eigenvalue weighted by atomic mass is 16.5. The van der Waals surface area contributed by atoms with E-state index in [1.54, 1.807) is 18.2 Å². The Morgan fingerprint density at radius 2 is 1.55 bits per heavy atom. The van der Waals surface area contributed by atoms with Crippen LogP contribution in [0.1, 0.15) is 33.2 Å². The van der Waals surface area contributed by atoms with Gasteiger partial charge in [0.25, 0.3) is 0 Å². The van der Waals surface area contributed by atoms with Crippen molar-refractivity contribution in [1.29, 1.82) is 0 Å². The van der Waals surface area contributed by atoms with Gasteiger partial charge in [-0.1, -0.05) is 72.8 Å². The van der Waals surface area contributed by atoms with Crippen molar-refractivity contribution in [2.24, 2.45) is 0 Å². The lowest BCUT2D eigenvalue weighted by molar-refractivity contribution is 0.0475. The molecule has 1 aromatic heterocycles. The molecule has 0 atom stereocenters. The first-order chi connectivity index (χ1) is 14.1. The predicted molar refractivity (Wildman–Crippen MR) is 113 cm³/mol. The Morgan fingerprint density at radius 3 is 2.28 bits per heavy atom. The Hall–Kier alpha value is -3.79. The molecule has 0 N–H and O–H groups in total. The van der Waals surface area contributed by atoms with Crippen molar-refractivity contribution in [2.45, 2.75) is 13.5 Å². The quantitative estimate of drug-likeness (QED) is 0.340. The van der Waals surface area contributed by atoms with Gasteiger partial charge in [-0.2, -0.15) is 0 Å². The first-order valence-electron chi connectivity index (χ1n) is 9.34. The van der Waals surface area contributed by atoms with Gasteiger partial charge in [0.2, 0.25) is 0 Å². The molecule has 0 saturated heterocycles. The fraction of sp³-hybridized carbons (Fsp3) is 0.0800. The van der Waals surface area contributed by atoms with Crippen LogP contribution in [0.3, 0.4) is 0 Å². The highest BCUT2D eigenvalue weighted by Crippen LogP contribution is 2.26. The summed E-state index contributed by atoms with van der Waals surface area (Å²) in [5, 5.41) is 0.745. The minimum absolute atomic E-state index is 0.00759. The number of esters is 1. The van der Waals surface area contributed by atoms with Crippen molar-refractivity contribution < 1.29 is 14.3 Å². The van der Waals surface area contributed by atoms with Crippen LogP contribution in [0.2, 0.25) is 0 Å². The number of carbonyl (C=O) groups excluding carboxylic acids is 2. The highest BCUT2D eigenvalue weighted by molar-refractivity contribution is 6.04. The molecule has 3 aromatic carbocycles. The van der Waals surface area contributed by atoms with Crippen LogP contribution >= 0.6 is 0 Å². The molecule has 0 bridgehead atoms. The molecule has 4 rings (SSSR count). The molecular formula is C25H19NO3. The molecule has 4 heteroatoms. The predicted octanol–water partition coefficient (Wildman–Crippen LogP) is 5.46. The summed E-state index contributed by atoms with van der Waals surface area (Å²) in [6.45, 7) is 1.74. The Labute approximate surface area is 168 Å². The number of para-hydroxylation sites is 1. The van der Waals surface area contributed by atoms with E-state index < -0.39 is 5.97 Å². The van der Waals surface area contributed by atoms with Crippen molar-refractivity contribution in [3.63, 3.8) is 0 Å². The number of carbonyl (C=O) groups is 2. The molecule has 0 amide bonds. The summed E-state index contributed by atoms with van der Waals surface area (Å²) in [5.41, 5.74) is 4.24. The van der Waals surface area contributed by atoms with E-state index in [2.05, 4.69) is 4.98 Å². The van der Waals surface area contributed by atoms with Crippen molar-refractivity contribution in [3.05, 3.63) is 102 Å². The van der Waals surface area contributed by atoms with Gasteiger partial charge in [0, 0.05) is 16.5 Å².